The summed E-state index contributed by atoms with van der Waals surface area (Å²) in [7, 11) is 3.80. The maximum absolute atomic E-state index is 11.6. The molecule has 4 heteroatoms. The minimum atomic E-state index is 0.211. The molecule has 0 unspecified atom stereocenters. The van der Waals surface area contributed by atoms with Gasteiger partial charge in [0.15, 0.2) is 0 Å². The van der Waals surface area contributed by atoms with Crippen molar-refractivity contribution in [2.75, 3.05) is 19.0 Å². The Kier molecular flexibility index (Phi) is 2.56. The molecular formula is C10H14N2OS. The number of amides is 1. The van der Waals surface area contributed by atoms with Gasteiger partial charge in [0.1, 0.15) is 0 Å². The van der Waals surface area contributed by atoms with Gasteiger partial charge in [-0.2, -0.15) is 0 Å². The van der Waals surface area contributed by atoms with Gasteiger partial charge >= 0.3 is 0 Å². The lowest BCUT2D eigenvalue weighted by Crippen LogP contribution is -2.24. The second-order valence-corrected chi connectivity index (χ2v) is 4.45. The summed E-state index contributed by atoms with van der Waals surface area (Å²) < 4.78 is 0. The van der Waals surface area contributed by atoms with E-state index in [4.69, 9.17) is 0 Å². The fraction of sp³-hybridized carbons (Fsp3) is 0.500. The Morgan fingerprint density at radius 3 is 3.14 bits per heavy atom. The smallest absolute Gasteiger partial charge is 0.226 e. The first-order valence-electron chi connectivity index (χ1n) is 4.75. The standard InChI is InChI=1S/C10H14N2OS/c1-11-7-3-4-9(13)12(2)8-5-6-14-10(7)8/h5-7,11H,3-4H2,1-2H3/t7-/m0/s1. The zero-order valence-corrected chi connectivity index (χ0v) is 9.23. The summed E-state index contributed by atoms with van der Waals surface area (Å²) in [5.41, 5.74) is 1.07. The van der Waals surface area contributed by atoms with Gasteiger partial charge in [-0.15, -0.1) is 11.3 Å². The average molecular weight is 210 g/mol. The van der Waals surface area contributed by atoms with E-state index in [1.165, 1.54) is 4.88 Å². The first-order valence-corrected chi connectivity index (χ1v) is 5.63. The number of hydrogen-bond donors (Lipinski definition) is 1. The van der Waals surface area contributed by atoms with Crippen molar-refractivity contribution >= 4 is 22.9 Å². The molecule has 0 aromatic carbocycles. The molecule has 76 valence electrons. The highest BCUT2D eigenvalue weighted by atomic mass is 32.1. The number of carbonyl (C=O) groups excluding carboxylic acids is 1. The van der Waals surface area contributed by atoms with Crippen LogP contribution in [0.3, 0.4) is 0 Å². The summed E-state index contributed by atoms with van der Waals surface area (Å²) in [4.78, 5) is 14.7. The largest absolute Gasteiger partial charge is 0.314 e. The molecule has 0 saturated carbocycles. The van der Waals surface area contributed by atoms with Crippen LogP contribution in [-0.4, -0.2) is 20.0 Å². The van der Waals surface area contributed by atoms with Crippen LogP contribution in [0, 0.1) is 0 Å². The molecule has 0 fully saturated rings. The molecule has 0 radical (unpaired) electrons. The third-order valence-corrected chi connectivity index (χ3v) is 3.74. The number of fused-ring (bicyclic) bond motifs is 1. The van der Waals surface area contributed by atoms with E-state index in [0.717, 1.165) is 12.1 Å². The molecule has 1 aromatic heterocycles. The lowest BCUT2D eigenvalue weighted by Gasteiger charge is -2.15. The highest BCUT2D eigenvalue weighted by molar-refractivity contribution is 7.10. The molecule has 1 atom stereocenters. The second kappa shape index (κ2) is 3.71. The maximum Gasteiger partial charge on any atom is 0.226 e. The molecule has 1 aliphatic heterocycles. The molecule has 2 rings (SSSR count). The number of nitrogens with one attached hydrogen (secondary N) is 1. The van der Waals surface area contributed by atoms with Crippen molar-refractivity contribution in [1.82, 2.24) is 5.32 Å². The van der Waals surface area contributed by atoms with Gasteiger partial charge in [-0.05, 0) is 24.9 Å². The van der Waals surface area contributed by atoms with Gasteiger partial charge in [-0.3, -0.25) is 4.79 Å². The Hall–Kier alpha value is -0.870. The molecule has 3 nitrogen and oxygen atoms in total. The zero-order valence-electron chi connectivity index (χ0n) is 8.41. The van der Waals surface area contributed by atoms with Crippen LogP contribution >= 0.6 is 11.3 Å². The van der Waals surface area contributed by atoms with E-state index < -0.39 is 0 Å². The van der Waals surface area contributed by atoms with Crippen LogP contribution in [0.2, 0.25) is 0 Å². The Balaban J connectivity index is 2.42. The van der Waals surface area contributed by atoms with Gasteiger partial charge in [0, 0.05) is 24.4 Å². The molecular weight excluding hydrogens is 196 g/mol. The second-order valence-electron chi connectivity index (χ2n) is 3.50. The molecule has 0 aliphatic carbocycles. The molecule has 1 N–H and O–H groups in total. The average Bonchev–Trinajstić information content (AvgIpc) is 2.62. The van der Waals surface area contributed by atoms with Crippen LogP contribution in [0.1, 0.15) is 23.8 Å². The van der Waals surface area contributed by atoms with Crippen LogP contribution in [0.5, 0.6) is 0 Å². The van der Waals surface area contributed by atoms with Crippen molar-refractivity contribution in [3.8, 4) is 0 Å². The molecule has 1 amide bonds. The van der Waals surface area contributed by atoms with Crippen LogP contribution in [0.25, 0.3) is 0 Å². The van der Waals surface area contributed by atoms with E-state index in [2.05, 4.69) is 5.32 Å². The van der Waals surface area contributed by atoms with Gasteiger partial charge in [0.25, 0.3) is 0 Å². The van der Waals surface area contributed by atoms with Crippen molar-refractivity contribution in [3.05, 3.63) is 16.3 Å². The highest BCUT2D eigenvalue weighted by Gasteiger charge is 2.25. The summed E-state index contributed by atoms with van der Waals surface area (Å²) >= 11 is 1.72. The summed E-state index contributed by atoms with van der Waals surface area (Å²) in [5, 5.41) is 5.30. The SMILES string of the molecule is CN[C@H]1CCC(=O)N(C)c2ccsc21. The summed E-state index contributed by atoms with van der Waals surface area (Å²) in [6.45, 7) is 0. The van der Waals surface area contributed by atoms with Crippen molar-refractivity contribution in [2.45, 2.75) is 18.9 Å². The quantitative estimate of drug-likeness (QED) is 0.766. The highest BCUT2D eigenvalue weighted by Crippen LogP contribution is 2.36. The number of hydrogen-bond acceptors (Lipinski definition) is 3. The fourth-order valence-electron chi connectivity index (χ4n) is 1.83. The van der Waals surface area contributed by atoms with E-state index in [0.29, 0.717) is 12.5 Å². The topological polar surface area (TPSA) is 32.3 Å². The Labute approximate surface area is 87.7 Å². The van der Waals surface area contributed by atoms with Crippen molar-refractivity contribution in [2.24, 2.45) is 0 Å². The first-order chi connectivity index (χ1) is 6.74. The number of thiophene rings is 1. The van der Waals surface area contributed by atoms with Crippen LogP contribution in [0.15, 0.2) is 11.4 Å². The zero-order chi connectivity index (χ0) is 10.1. The summed E-state index contributed by atoms with van der Waals surface area (Å²) in [6.07, 6.45) is 1.52. The number of rotatable bonds is 1. The van der Waals surface area contributed by atoms with Crippen LogP contribution < -0.4 is 10.2 Å². The normalized spacial score (nSPS) is 22.0. The molecule has 1 aliphatic rings. The van der Waals surface area contributed by atoms with E-state index in [-0.39, 0.29) is 5.91 Å². The van der Waals surface area contributed by atoms with E-state index in [9.17, 15) is 4.79 Å². The third-order valence-electron chi connectivity index (χ3n) is 2.72. The van der Waals surface area contributed by atoms with Crippen LogP contribution in [-0.2, 0) is 4.79 Å². The summed E-state index contributed by atoms with van der Waals surface area (Å²) in [5.74, 6) is 0.211. The Morgan fingerprint density at radius 2 is 2.43 bits per heavy atom. The number of carbonyl (C=O) groups is 1. The van der Waals surface area contributed by atoms with E-state index in [1.54, 1.807) is 16.2 Å². The first kappa shape index (κ1) is 9.68. The molecule has 0 spiro atoms. The van der Waals surface area contributed by atoms with Gasteiger partial charge in [-0.25, -0.2) is 0 Å². The molecule has 0 saturated heterocycles. The van der Waals surface area contributed by atoms with Crippen molar-refractivity contribution in [3.63, 3.8) is 0 Å². The Bertz CT molecular complexity index is 348. The van der Waals surface area contributed by atoms with Crippen molar-refractivity contribution in [1.29, 1.82) is 0 Å². The predicted octanol–water partition coefficient (Wildman–Crippen LogP) is 1.77. The number of anilines is 1. The van der Waals surface area contributed by atoms with E-state index in [1.807, 2.05) is 25.5 Å². The number of nitrogens with zero attached hydrogens (tertiary/aromatic N) is 1. The van der Waals surface area contributed by atoms with Crippen LogP contribution in [0.4, 0.5) is 5.69 Å². The maximum atomic E-state index is 11.6. The minimum absolute atomic E-state index is 0.211. The molecule has 2 heterocycles. The third kappa shape index (κ3) is 1.44. The molecule has 14 heavy (non-hydrogen) atoms. The van der Waals surface area contributed by atoms with E-state index >= 15 is 0 Å². The monoisotopic (exact) mass is 210 g/mol. The lowest BCUT2D eigenvalue weighted by atomic mass is 10.1. The fourth-order valence-corrected chi connectivity index (χ4v) is 2.90. The van der Waals surface area contributed by atoms with Gasteiger partial charge in [0.2, 0.25) is 5.91 Å². The Morgan fingerprint density at radius 1 is 1.64 bits per heavy atom. The van der Waals surface area contributed by atoms with Gasteiger partial charge in [0.05, 0.1) is 5.69 Å². The molecule has 1 aromatic rings. The predicted molar refractivity (Wildman–Crippen MR) is 58.8 cm³/mol. The lowest BCUT2D eigenvalue weighted by molar-refractivity contribution is -0.118. The minimum Gasteiger partial charge on any atom is -0.314 e. The summed E-state index contributed by atoms with van der Waals surface area (Å²) in [6, 6.07) is 2.35. The molecule has 0 bridgehead atoms. The van der Waals surface area contributed by atoms with Crippen molar-refractivity contribution < 1.29 is 4.79 Å². The van der Waals surface area contributed by atoms with Gasteiger partial charge < -0.3 is 10.2 Å². The van der Waals surface area contributed by atoms with Gasteiger partial charge in [-0.1, -0.05) is 0 Å².